The van der Waals surface area contributed by atoms with E-state index in [4.69, 9.17) is 0 Å². The molecule has 1 aliphatic carbocycles. The highest BCUT2D eigenvalue weighted by Gasteiger charge is 2.35. The fourth-order valence-corrected chi connectivity index (χ4v) is 5.18. The molecule has 0 radical (unpaired) electrons. The Hall–Kier alpha value is 0.430. The average Bonchev–Trinajstić information content (AvgIpc) is 2.35. The summed E-state index contributed by atoms with van der Waals surface area (Å²) in [7, 11) is 0.495. The summed E-state index contributed by atoms with van der Waals surface area (Å²) in [4.78, 5) is 0. The van der Waals surface area contributed by atoms with Gasteiger partial charge in [-0.15, -0.1) is 7.92 Å². The molecule has 9 heavy (non-hydrogen) atoms. The van der Waals surface area contributed by atoms with Gasteiger partial charge in [0.2, 0.25) is 0 Å². The third-order valence-corrected chi connectivity index (χ3v) is 5.81. The summed E-state index contributed by atoms with van der Waals surface area (Å²) in [5, 5.41) is 0. The van der Waals surface area contributed by atoms with Crippen molar-refractivity contribution in [3.05, 3.63) is 0 Å². The second kappa shape index (κ2) is 2.23. The Morgan fingerprint density at radius 1 is 1.22 bits per heavy atom. The van der Waals surface area contributed by atoms with Crippen molar-refractivity contribution in [3.63, 3.8) is 0 Å². The quantitative estimate of drug-likeness (QED) is 0.456. The van der Waals surface area contributed by atoms with E-state index >= 15 is 0 Å². The minimum atomic E-state index is 0.495. The molecular weight excluding hydrogens is 127 g/mol. The Morgan fingerprint density at radius 2 is 2.11 bits per heavy atom. The van der Waals surface area contributed by atoms with Crippen molar-refractivity contribution in [2.45, 2.75) is 31.3 Å². The van der Waals surface area contributed by atoms with E-state index in [9.17, 15) is 0 Å². The van der Waals surface area contributed by atoms with Gasteiger partial charge in [0.05, 0.1) is 0 Å². The first-order valence-corrected chi connectivity index (χ1v) is 6.12. The molecule has 2 fully saturated rings. The Morgan fingerprint density at radius 3 is 2.89 bits per heavy atom. The number of fused-ring (bicyclic) bond motifs is 1. The standard InChI is InChI=1S/C8H15P/c1-9-6-5-7-3-2-4-8(7)9/h7-8H,2-6H2,1H3. The summed E-state index contributed by atoms with van der Waals surface area (Å²) in [6.45, 7) is 2.51. The molecule has 0 amide bonds. The summed E-state index contributed by atoms with van der Waals surface area (Å²) in [5.74, 6) is 1.18. The van der Waals surface area contributed by atoms with E-state index in [2.05, 4.69) is 6.66 Å². The van der Waals surface area contributed by atoms with Gasteiger partial charge in [-0.3, -0.25) is 0 Å². The summed E-state index contributed by atoms with van der Waals surface area (Å²) in [6.07, 6.45) is 7.85. The normalized spacial score (nSPS) is 49.7. The second-order valence-corrected chi connectivity index (χ2v) is 6.15. The molecule has 0 aromatic rings. The van der Waals surface area contributed by atoms with Crippen molar-refractivity contribution in [1.82, 2.24) is 0 Å². The molecule has 3 unspecified atom stereocenters. The topological polar surface area (TPSA) is 0 Å². The van der Waals surface area contributed by atoms with Crippen LogP contribution in [0.15, 0.2) is 0 Å². The molecular formula is C8H15P. The number of hydrogen-bond acceptors (Lipinski definition) is 0. The van der Waals surface area contributed by atoms with Gasteiger partial charge in [0.25, 0.3) is 0 Å². The Balaban J connectivity index is 2.07. The van der Waals surface area contributed by atoms with Gasteiger partial charge in [-0.25, -0.2) is 0 Å². The van der Waals surface area contributed by atoms with E-state index in [1.165, 1.54) is 11.6 Å². The first-order valence-electron chi connectivity index (χ1n) is 4.08. The van der Waals surface area contributed by atoms with E-state index in [1.807, 2.05) is 0 Å². The molecule has 3 atom stereocenters. The van der Waals surface area contributed by atoms with Gasteiger partial charge in [0.15, 0.2) is 0 Å². The van der Waals surface area contributed by atoms with Gasteiger partial charge in [0.1, 0.15) is 0 Å². The molecule has 52 valence electrons. The second-order valence-electron chi connectivity index (χ2n) is 3.53. The van der Waals surface area contributed by atoms with Gasteiger partial charge >= 0.3 is 0 Å². The molecule has 2 aliphatic rings. The molecule has 1 saturated carbocycles. The predicted octanol–water partition coefficient (Wildman–Crippen LogP) is 2.67. The van der Waals surface area contributed by atoms with Crippen LogP contribution in [0.1, 0.15) is 25.7 Å². The lowest BCUT2D eigenvalue weighted by molar-refractivity contribution is 0.568. The molecule has 0 aromatic carbocycles. The largest absolute Gasteiger partial charge is 0.106 e. The summed E-state index contributed by atoms with van der Waals surface area (Å²) >= 11 is 0. The third-order valence-electron chi connectivity index (χ3n) is 3.04. The zero-order chi connectivity index (χ0) is 6.27. The highest BCUT2D eigenvalue weighted by molar-refractivity contribution is 7.58. The Labute approximate surface area is 58.8 Å². The van der Waals surface area contributed by atoms with E-state index in [-0.39, 0.29) is 0 Å². The van der Waals surface area contributed by atoms with E-state index in [1.54, 1.807) is 31.8 Å². The maximum Gasteiger partial charge on any atom is -0.0183 e. The Kier molecular flexibility index (Phi) is 1.53. The zero-order valence-corrected chi connectivity index (χ0v) is 7.03. The fraction of sp³-hybridized carbons (Fsp3) is 1.00. The molecule has 0 aromatic heterocycles. The van der Waals surface area contributed by atoms with E-state index in [0.717, 1.165) is 0 Å². The number of rotatable bonds is 0. The van der Waals surface area contributed by atoms with Gasteiger partial charge in [0, 0.05) is 0 Å². The fourth-order valence-electron chi connectivity index (χ4n) is 2.47. The minimum absolute atomic E-state index is 0.495. The molecule has 2 rings (SSSR count). The summed E-state index contributed by atoms with van der Waals surface area (Å²) in [6, 6.07) is 0. The predicted molar refractivity (Wildman–Crippen MR) is 43.5 cm³/mol. The van der Waals surface area contributed by atoms with Crippen molar-refractivity contribution >= 4 is 7.92 Å². The van der Waals surface area contributed by atoms with Crippen LogP contribution in [0.2, 0.25) is 0 Å². The van der Waals surface area contributed by atoms with Gasteiger partial charge in [-0.05, 0) is 43.7 Å². The van der Waals surface area contributed by atoms with Crippen LogP contribution in [-0.2, 0) is 0 Å². The maximum atomic E-state index is 2.51. The van der Waals surface area contributed by atoms with Crippen molar-refractivity contribution in [3.8, 4) is 0 Å². The first kappa shape index (κ1) is 6.16. The summed E-state index contributed by atoms with van der Waals surface area (Å²) in [5.41, 5.74) is 1.21. The van der Waals surface area contributed by atoms with Crippen LogP contribution < -0.4 is 0 Å². The lowest BCUT2D eigenvalue weighted by Crippen LogP contribution is -2.02. The highest BCUT2D eigenvalue weighted by atomic mass is 31.1. The van der Waals surface area contributed by atoms with Crippen LogP contribution >= 0.6 is 7.92 Å². The smallest absolute Gasteiger partial charge is 0.0183 e. The molecule has 0 bridgehead atoms. The lowest BCUT2D eigenvalue weighted by Gasteiger charge is -2.12. The summed E-state index contributed by atoms with van der Waals surface area (Å²) < 4.78 is 0. The van der Waals surface area contributed by atoms with Crippen molar-refractivity contribution in [2.75, 3.05) is 12.8 Å². The zero-order valence-electron chi connectivity index (χ0n) is 6.14. The van der Waals surface area contributed by atoms with E-state index < -0.39 is 0 Å². The Bertz CT molecular complexity index is 111. The third kappa shape index (κ3) is 0.923. The lowest BCUT2D eigenvalue weighted by atomic mass is 10.1. The van der Waals surface area contributed by atoms with Crippen molar-refractivity contribution in [1.29, 1.82) is 0 Å². The molecule has 0 N–H and O–H groups in total. The molecule has 1 aliphatic heterocycles. The van der Waals surface area contributed by atoms with Crippen LogP contribution in [0.3, 0.4) is 0 Å². The van der Waals surface area contributed by atoms with Gasteiger partial charge in [-0.2, -0.15) is 0 Å². The van der Waals surface area contributed by atoms with Crippen LogP contribution in [0.25, 0.3) is 0 Å². The monoisotopic (exact) mass is 142 g/mol. The van der Waals surface area contributed by atoms with Crippen LogP contribution in [0, 0.1) is 5.92 Å². The first-order chi connectivity index (χ1) is 4.38. The molecule has 0 spiro atoms. The van der Waals surface area contributed by atoms with Crippen molar-refractivity contribution < 1.29 is 0 Å². The molecule has 0 nitrogen and oxygen atoms in total. The SMILES string of the molecule is CP1CCC2CCCC21. The van der Waals surface area contributed by atoms with Crippen molar-refractivity contribution in [2.24, 2.45) is 5.92 Å². The van der Waals surface area contributed by atoms with Gasteiger partial charge in [-0.1, -0.05) is 6.42 Å². The van der Waals surface area contributed by atoms with E-state index in [0.29, 0.717) is 7.92 Å². The van der Waals surface area contributed by atoms with Crippen LogP contribution in [0.4, 0.5) is 0 Å². The minimum Gasteiger partial charge on any atom is -0.106 e. The number of hydrogen-bond donors (Lipinski definition) is 0. The van der Waals surface area contributed by atoms with Crippen LogP contribution in [-0.4, -0.2) is 18.5 Å². The highest BCUT2D eigenvalue weighted by Crippen LogP contribution is 2.56. The van der Waals surface area contributed by atoms with Gasteiger partial charge < -0.3 is 0 Å². The van der Waals surface area contributed by atoms with Crippen LogP contribution in [0.5, 0.6) is 0 Å². The maximum absolute atomic E-state index is 2.51. The molecule has 1 heterocycles. The average molecular weight is 142 g/mol. The molecule has 1 saturated heterocycles. The molecule has 1 heteroatoms.